The Bertz CT molecular complexity index is 2400. The molecule has 0 unspecified atom stereocenters. The summed E-state index contributed by atoms with van der Waals surface area (Å²) in [4.78, 5) is 0. The van der Waals surface area contributed by atoms with Crippen LogP contribution >= 0.6 is 0 Å². The van der Waals surface area contributed by atoms with E-state index in [0.29, 0.717) is 0 Å². The van der Waals surface area contributed by atoms with Crippen molar-refractivity contribution in [2.45, 2.75) is 51.5 Å². The molecule has 2 aromatic heterocycles. The van der Waals surface area contributed by atoms with Gasteiger partial charge in [0, 0.05) is 46.1 Å². The van der Waals surface area contributed by atoms with Crippen molar-refractivity contribution in [2.75, 3.05) is 0 Å². The highest BCUT2D eigenvalue weighted by atomic mass is 15.1. The topological polar surface area (TPSA) is 8.81 Å². The van der Waals surface area contributed by atoms with E-state index in [-0.39, 0.29) is 11.0 Å². The average Bonchev–Trinajstić information content (AvgIpc) is 3.41. The highest BCUT2D eigenvalue weighted by molar-refractivity contribution is 6.12. The van der Waals surface area contributed by atoms with Crippen LogP contribution in [0.25, 0.3) is 66.2 Å². The third kappa shape index (κ3) is 3.32. The van der Waals surface area contributed by atoms with Crippen molar-refractivity contribution in [2.24, 2.45) is 0 Å². The van der Waals surface area contributed by atoms with Crippen molar-refractivity contribution >= 4 is 38.2 Å². The van der Waals surface area contributed by atoms with Crippen molar-refractivity contribution in [1.29, 1.82) is 0 Å². The molecule has 0 fully saturated rings. The van der Waals surface area contributed by atoms with Crippen LogP contribution in [-0.2, 0) is 11.0 Å². The molecule has 0 atom stereocenters. The second-order valence-electron chi connectivity index (χ2n) is 13.5. The summed E-state index contributed by atoms with van der Waals surface area (Å²) < 4.78 is 5.02. The van der Waals surface area contributed by atoms with Gasteiger partial charge < -0.3 is 4.57 Å². The molecular formula is C43H37N2+. The zero-order chi connectivity index (χ0) is 30.7. The molecule has 0 saturated heterocycles. The monoisotopic (exact) mass is 581 g/mol. The standard InChI is InChI=1S/C43H37N2/c1-6-43(7-2)27(3)32-21-19-29(23-34(32)40-25-28-13-8-9-14-31(28)26-44(40)43)30-20-22-38-35(24-30)33-15-12-17-37-41(33)45(38)39-18-11-10-16-36(39)42(37,4)5/h8-26H,3,6-7H2,1-2,4-5H3/q+1. The molecule has 0 amide bonds. The van der Waals surface area contributed by atoms with Gasteiger partial charge in [-0.2, -0.15) is 4.57 Å². The first-order valence-corrected chi connectivity index (χ1v) is 16.3. The van der Waals surface area contributed by atoms with Gasteiger partial charge in [-0.3, -0.25) is 0 Å². The second kappa shape index (κ2) is 9.05. The molecule has 2 nitrogen and oxygen atoms in total. The van der Waals surface area contributed by atoms with E-state index in [0.717, 1.165) is 12.8 Å². The van der Waals surface area contributed by atoms with Gasteiger partial charge in [0.15, 0.2) is 11.7 Å². The molecule has 0 radical (unpaired) electrons. The van der Waals surface area contributed by atoms with E-state index in [2.05, 4.69) is 152 Å². The summed E-state index contributed by atoms with van der Waals surface area (Å²) in [6.45, 7) is 14.1. The number of hydrogen-bond acceptors (Lipinski definition) is 0. The predicted molar refractivity (Wildman–Crippen MR) is 189 cm³/mol. The van der Waals surface area contributed by atoms with E-state index in [1.54, 1.807) is 0 Å². The molecule has 2 heteroatoms. The van der Waals surface area contributed by atoms with Gasteiger partial charge in [-0.1, -0.05) is 107 Å². The van der Waals surface area contributed by atoms with Gasteiger partial charge in [0.05, 0.1) is 22.3 Å². The minimum Gasteiger partial charge on any atom is -0.309 e. The number of pyridine rings is 1. The average molecular weight is 582 g/mol. The Morgan fingerprint density at radius 1 is 0.667 bits per heavy atom. The highest BCUT2D eigenvalue weighted by Gasteiger charge is 2.47. The molecule has 0 saturated carbocycles. The fourth-order valence-corrected chi connectivity index (χ4v) is 8.70. The van der Waals surface area contributed by atoms with E-state index in [1.807, 2.05) is 0 Å². The Kier molecular flexibility index (Phi) is 5.32. The summed E-state index contributed by atoms with van der Waals surface area (Å²) >= 11 is 0. The Morgan fingerprint density at radius 2 is 1.38 bits per heavy atom. The summed E-state index contributed by atoms with van der Waals surface area (Å²) in [7, 11) is 0. The summed E-state index contributed by atoms with van der Waals surface area (Å²) in [5, 5.41) is 5.16. The van der Waals surface area contributed by atoms with Crippen LogP contribution in [0.2, 0.25) is 0 Å². The van der Waals surface area contributed by atoms with Crippen molar-refractivity contribution < 1.29 is 4.57 Å². The number of allylic oxidation sites excluding steroid dienone is 1. The van der Waals surface area contributed by atoms with Crippen molar-refractivity contribution in [3.63, 3.8) is 0 Å². The predicted octanol–water partition coefficient (Wildman–Crippen LogP) is 10.7. The quantitative estimate of drug-likeness (QED) is 0.184. The summed E-state index contributed by atoms with van der Waals surface area (Å²) in [6, 6.07) is 41.0. The van der Waals surface area contributed by atoms with Crippen LogP contribution in [0, 0.1) is 0 Å². The summed E-state index contributed by atoms with van der Waals surface area (Å²) in [5.41, 5.74) is 13.9. The van der Waals surface area contributed by atoms with Gasteiger partial charge in [0.1, 0.15) is 0 Å². The molecule has 2 aliphatic heterocycles. The summed E-state index contributed by atoms with van der Waals surface area (Å²) in [5.74, 6) is 0. The van der Waals surface area contributed by atoms with Gasteiger partial charge in [-0.05, 0) is 63.5 Å². The van der Waals surface area contributed by atoms with Crippen LogP contribution in [0.15, 0.2) is 122 Å². The van der Waals surface area contributed by atoms with Crippen molar-refractivity contribution in [3.8, 4) is 28.1 Å². The van der Waals surface area contributed by atoms with Crippen molar-refractivity contribution in [3.05, 3.63) is 139 Å². The fraction of sp³-hybridized carbons (Fsp3) is 0.186. The van der Waals surface area contributed by atoms with Gasteiger partial charge in [0.25, 0.3) is 0 Å². The highest BCUT2D eigenvalue weighted by Crippen LogP contribution is 2.49. The Labute approximate surface area is 264 Å². The van der Waals surface area contributed by atoms with E-state index in [4.69, 9.17) is 6.58 Å². The van der Waals surface area contributed by atoms with Crippen LogP contribution in [-0.4, -0.2) is 4.57 Å². The maximum atomic E-state index is 4.74. The number of rotatable bonds is 3. The number of aromatic nitrogens is 2. The van der Waals surface area contributed by atoms with E-state index in [1.165, 1.54) is 82.9 Å². The first-order chi connectivity index (χ1) is 21.9. The van der Waals surface area contributed by atoms with Crippen LogP contribution in [0.1, 0.15) is 57.2 Å². The Morgan fingerprint density at radius 3 is 2.20 bits per heavy atom. The lowest BCUT2D eigenvalue weighted by molar-refractivity contribution is -0.740. The number of para-hydroxylation sites is 2. The zero-order valence-electron chi connectivity index (χ0n) is 26.5. The van der Waals surface area contributed by atoms with Gasteiger partial charge >= 0.3 is 0 Å². The normalized spacial score (nSPS) is 15.7. The minimum absolute atomic E-state index is 0.0639. The molecule has 0 N–H and O–H groups in total. The lowest BCUT2D eigenvalue weighted by Crippen LogP contribution is -2.59. The molecule has 0 spiro atoms. The zero-order valence-corrected chi connectivity index (χ0v) is 26.5. The lowest BCUT2D eigenvalue weighted by Gasteiger charge is -2.35. The van der Waals surface area contributed by atoms with Crippen LogP contribution < -0.4 is 4.57 Å². The van der Waals surface area contributed by atoms with E-state index < -0.39 is 0 Å². The Hall–Kier alpha value is -4.95. The molecule has 0 bridgehead atoms. The van der Waals surface area contributed by atoms with Gasteiger partial charge in [-0.25, -0.2) is 0 Å². The molecule has 4 heterocycles. The fourth-order valence-electron chi connectivity index (χ4n) is 8.70. The van der Waals surface area contributed by atoms with Gasteiger partial charge in [0.2, 0.25) is 5.69 Å². The maximum Gasteiger partial charge on any atom is 0.214 e. The van der Waals surface area contributed by atoms with E-state index >= 15 is 0 Å². The third-order valence-corrected chi connectivity index (χ3v) is 11.2. The largest absolute Gasteiger partial charge is 0.309 e. The smallest absolute Gasteiger partial charge is 0.214 e. The second-order valence-corrected chi connectivity index (χ2v) is 13.5. The van der Waals surface area contributed by atoms with Crippen molar-refractivity contribution in [1.82, 2.24) is 4.57 Å². The SMILES string of the molecule is C=C1c2ccc(-c3ccc4c(c3)c3cccc5c3n4-c3ccccc3C5(C)C)cc2-c2cc3ccccc3c[n+]2C1(CC)CC. The Balaban J connectivity index is 1.28. The van der Waals surface area contributed by atoms with Gasteiger partial charge in [-0.15, -0.1) is 0 Å². The first-order valence-electron chi connectivity index (χ1n) is 16.3. The number of hydrogen-bond donors (Lipinski definition) is 0. The number of benzene rings is 5. The van der Waals surface area contributed by atoms with Crippen LogP contribution in [0.4, 0.5) is 0 Å². The number of fused-ring (bicyclic) bond motifs is 9. The van der Waals surface area contributed by atoms with Crippen LogP contribution in [0.5, 0.6) is 0 Å². The minimum atomic E-state index is -0.136. The molecule has 5 aromatic carbocycles. The molecule has 7 aromatic rings. The number of nitrogens with zero attached hydrogens (tertiary/aromatic N) is 2. The lowest BCUT2D eigenvalue weighted by atomic mass is 9.75. The molecular weight excluding hydrogens is 544 g/mol. The molecule has 45 heavy (non-hydrogen) atoms. The molecule has 9 rings (SSSR count). The third-order valence-electron chi connectivity index (χ3n) is 11.2. The molecule has 0 aliphatic carbocycles. The van der Waals surface area contributed by atoms with Crippen LogP contribution in [0.3, 0.4) is 0 Å². The first kappa shape index (κ1) is 26.5. The summed E-state index contributed by atoms with van der Waals surface area (Å²) in [6.07, 6.45) is 4.36. The molecule has 218 valence electrons. The maximum absolute atomic E-state index is 4.74. The molecule has 2 aliphatic rings. The van der Waals surface area contributed by atoms with E-state index in [9.17, 15) is 0 Å².